The number of allylic oxidation sites excluding steroid dienone is 1. The zero-order valence-electron chi connectivity index (χ0n) is 12.3. The summed E-state index contributed by atoms with van der Waals surface area (Å²) in [6.45, 7) is 0. The van der Waals surface area contributed by atoms with E-state index in [4.69, 9.17) is 39.2 Å². The SMILES string of the molecule is O=C(C=Cc1ccc(-c2cc(Cl)cc(Cl)c2)o1)c1ccc(Cl)cc1. The molecule has 0 aliphatic rings. The molecule has 1 heterocycles. The molecular weight excluding hydrogens is 367 g/mol. The van der Waals surface area contributed by atoms with Crippen LogP contribution in [-0.4, -0.2) is 5.78 Å². The van der Waals surface area contributed by atoms with E-state index in [0.29, 0.717) is 32.2 Å². The van der Waals surface area contributed by atoms with Gasteiger partial charge < -0.3 is 4.42 Å². The Labute approximate surface area is 154 Å². The Morgan fingerprint density at radius 2 is 1.50 bits per heavy atom. The normalized spacial score (nSPS) is 11.1. The summed E-state index contributed by atoms with van der Waals surface area (Å²) in [4.78, 5) is 12.1. The van der Waals surface area contributed by atoms with Crippen LogP contribution in [0.15, 0.2) is 65.1 Å². The zero-order chi connectivity index (χ0) is 17.1. The third-order valence-electron chi connectivity index (χ3n) is 3.30. The second kappa shape index (κ2) is 7.27. The molecule has 0 saturated heterocycles. The largest absolute Gasteiger partial charge is 0.457 e. The third kappa shape index (κ3) is 4.09. The highest BCUT2D eigenvalue weighted by Gasteiger charge is 2.07. The van der Waals surface area contributed by atoms with Crippen molar-refractivity contribution >= 4 is 46.7 Å². The Balaban J connectivity index is 1.78. The van der Waals surface area contributed by atoms with Gasteiger partial charge in [0, 0.05) is 26.2 Å². The summed E-state index contributed by atoms with van der Waals surface area (Å²) in [6, 6.07) is 15.5. The minimum atomic E-state index is -0.129. The highest BCUT2D eigenvalue weighted by atomic mass is 35.5. The summed E-state index contributed by atoms with van der Waals surface area (Å²) in [5.41, 5.74) is 1.33. The van der Waals surface area contributed by atoms with Gasteiger partial charge in [-0.2, -0.15) is 0 Å². The number of hydrogen-bond acceptors (Lipinski definition) is 2. The van der Waals surface area contributed by atoms with Gasteiger partial charge in [0.15, 0.2) is 5.78 Å². The Morgan fingerprint density at radius 3 is 2.17 bits per heavy atom. The summed E-state index contributed by atoms with van der Waals surface area (Å²) in [5.74, 6) is 1.05. The number of rotatable bonds is 4. The summed E-state index contributed by atoms with van der Waals surface area (Å²) < 4.78 is 5.71. The van der Waals surface area contributed by atoms with Gasteiger partial charge in [0.25, 0.3) is 0 Å². The number of furan rings is 1. The van der Waals surface area contributed by atoms with Gasteiger partial charge in [-0.25, -0.2) is 0 Å². The molecule has 0 spiro atoms. The molecule has 0 N–H and O–H groups in total. The monoisotopic (exact) mass is 376 g/mol. The lowest BCUT2D eigenvalue weighted by Gasteiger charge is -1.99. The first-order valence-electron chi connectivity index (χ1n) is 7.05. The summed E-state index contributed by atoms with van der Waals surface area (Å²) in [5, 5.41) is 1.65. The van der Waals surface area contributed by atoms with Gasteiger partial charge in [0.2, 0.25) is 0 Å². The molecule has 0 unspecified atom stereocenters. The third-order valence-corrected chi connectivity index (χ3v) is 3.99. The predicted octanol–water partition coefficient (Wildman–Crippen LogP) is 6.80. The lowest BCUT2D eigenvalue weighted by atomic mass is 10.1. The van der Waals surface area contributed by atoms with E-state index >= 15 is 0 Å². The molecule has 24 heavy (non-hydrogen) atoms. The molecule has 0 fully saturated rings. The van der Waals surface area contributed by atoms with E-state index in [0.717, 1.165) is 5.56 Å². The number of carbonyl (C=O) groups is 1. The Kier molecular flexibility index (Phi) is 5.10. The second-order valence-corrected chi connectivity index (χ2v) is 6.37. The van der Waals surface area contributed by atoms with Gasteiger partial charge >= 0.3 is 0 Å². The van der Waals surface area contributed by atoms with Crippen molar-refractivity contribution in [1.82, 2.24) is 0 Å². The molecule has 0 aliphatic heterocycles. The quantitative estimate of drug-likeness (QED) is 0.369. The van der Waals surface area contributed by atoms with Crippen LogP contribution in [0.5, 0.6) is 0 Å². The van der Waals surface area contributed by atoms with Gasteiger partial charge in [-0.3, -0.25) is 4.79 Å². The van der Waals surface area contributed by atoms with Crippen molar-refractivity contribution in [3.05, 3.63) is 87.1 Å². The molecule has 3 rings (SSSR count). The fourth-order valence-electron chi connectivity index (χ4n) is 2.16. The average Bonchev–Trinajstić information content (AvgIpc) is 3.01. The van der Waals surface area contributed by atoms with E-state index in [9.17, 15) is 4.79 Å². The first kappa shape index (κ1) is 16.8. The molecule has 0 amide bonds. The first-order valence-corrected chi connectivity index (χ1v) is 8.19. The number of benzene rings is 2. The summed E-state index contributed by atoms with van der Waals surface area (Å²) in [6.07, 6.45) is 3.07. The van der Waals surface area contributed by atoms with Crippen molar-refractivity contribution in [2.24, 2.45) is 0 Å². The van der Waals surface area contributed by atoms with Crippen LogP contribution >= 0.6 is 34.8 Å². The van der Waals surface area contributed by atoms with E-state index in [1.165, 1.54) is 6.08 Å². The molecule has 0 aliphatic carbocycles. The Bertz CT molecular complexity index is 888. The van der Waals surface area contributed by atoms with E-state index in [1.807, 2.05) is 0 Å². The fraction of sp³-hybridized carbons (Fsp3) is 0. The maximum Gasteiger partial charge on any atom is 0.185 e. The van der Waals surface area contributed by atoms with Gasteiger partial charge in [0.1, 0.15) is 11.5 Å². The molecule has 120 valence electrons. The summed E-state index contributed by atoms with van der Waals surface area (Å²) in [7, 11) is 0. The predicted molar refractivity (Wildman–Crippen MR) is 99.0 cm³/mol. The number of hydrogen-bond donors (Lipinski definition) is 0. The van der Waals surface area contributed by atoms with Crippen molar-refractivity contribution in [3.63, 3.8) is 0 Å². The molecule has 5 heteroatoms. The Morgan fingerprint density at radius 1 is 0.833 bits per heavy atom. The van der Waals surface area contributed by atoms with Gasteiger partial charge in [0.05, 0.1) is 0 Å². The van der Waals surface area contributed by atoms with Crippen LogP contribution in [0.3, 0.4) is 0 Å². The minimum Gasteiger partial charge on any atom is -0.457 e. The molecule has 1 aromatic heterocycles. The van der Waals surface area contributed by atoms with Crippen molar-refractivity contribution < 1.29 is 9.21 Å². The molecule has 2 nitrogen and oxygen atoms in total. The topological polar surface area (TPSA) is 30.2 Å². The number of carbonyl (C=O) groups excluding carboxylic acids is 1. The van der Waals surface area contributed by atoms with E-state index in [2.05, 4.69) is 0 Å². The van der Waals surface area contributed by atoms with Crippen LogP contribution < -0.4 is 0 Å². The molecule has 3 aromatic rings. The second-order valence-electron chi connectivity index (χ2n) is 5.06. The molecule has 0 atom stereocenters. The lowest BCUT2D eigenvalue weighted by Crippen LogP contribution is -1.92. The molecular formula is C19H11Cl3O2. The maximum atomic E-state index is 12.1. The Hall–Kier alpha value is -2.00. The smallest absolute Gasteiger partial charge is 0.185 e. The van der Waals surface area contributed by atoms with Crippen LogP contribution in [0.4, 0.5) is 0 Å². The number of ketones is 1. The molecule has 0 radical (unpaired) electrons. The van der Waals surface area contributed by atoms with Gasteiger partial charge in [-0.15, -0.1) is 0 Å². The highest BCUT2D eigenvalue weighted by Crippen LogP contribution is 2.29. The van der Waals surface area contributed by atoms with Crippen LogP contribution in [0.25, 0.3) is 17.4 Å². The van der Waals surface area contributed by atoms with Crippen molar-refractivity contribution in [2.75, 3.05) is 0 Å². The lowest BCUT2D eigenvalue weighted by molar-refractivity contribution is 0.104. The highest BCUT2D eigenvalue weighted by molar-refractivity contribution is 6.35. The zero-order valence-corrected chi connectivity index (χ0v) is 14.6. The maximum absolute atomic E-state index is 12.1. The van der Waals surface area contributed by atoms with E-state index in [-0.39, 0.29) is 5.78 Å². The first-order chi connectivity index (χ1) is 11.5. The summed E-state index contributed by atoms with van der Waals surface area (Å²) >= 11 is 17.8. The minimum absolute atomic E-state index is 0.129. The van der Waals surface area contributed by atoms with E-state index in [1.54, 1.807) is 60.7 Å². The molecule has 0 saturated carbocycles. The molecule has 2 aromatic carbocycles. The standard InChI is InChI=1S/C19H11Cl3O2/c20-14-3-1-12(2-4-14)18(23)7-5-17-6-8-19(24-17)13-9-15(21)11-16(22)10-13/h1-11H. The van der Waals surface area contributed by atoms with Crippen molar-refractivity contribution in [1.29, 1.82) is 0 Å². The van der Waals surface area contributed by atoms with Gasteiger partial charge in [-0.1, -0.05) is 34.8 Å². The number of halogens is 3. The van der Waals surface area contributed by atoms with Crippen LogP contribution in [0, 0.1) is 0 Å². The fourth-order valence-corrected chi connectivity index (χ4v) is 2.81. The van der Waals surface area contributed by atoms with Gasteiger partial charge in [-0.05, 0) is 66.7 Å². The van der Waals surface area contributed by atoms with E-state index < -0.39 is 0 Å². The van der Waals surface area contributed by atoms with Crippen molar-refractivity contribution in [3.8, 4) is 11.3 Å². The molecule has 0 bridgehead atoms. The van der Waals surface area contributed by atoms with Crippen LogP contribution in [0.2, 0.25) is 15.1 Å². The van der Waals surface area contributed by atoms with Crippen LogP contribution in [0.1, 0.15) is 16.1 Å². The van der Waals surface area contributed by atoms with Crippen molar-refractivity contribution in [2.45, 2.75) is 0 Å². The van der Waals surface area contributed by atoms with Crippen LogP contribution in [-0.2, 0) is 0 Å². The average molecular weight is 378 g/mol.